The molecule has 0 aromatic heterocycles. The molecule has 1 rings (SSSR count). The fourth-order valence-corrected chi connectivity index (χ4v) is 1.64. The highest BCUT2D eigenvalue weighted by molar-refractivity contribution is 5.68. The van der Waals surface area contributed by atoms with Crippen LogP contribution in [-0.2, 0) is 0 Å². The average molecular weight is 166 g/mol. The number of hydrogen-bond donors (Lipinski definition) is 2. The van der Waals surface area contributed by atoms with Gasteiger partial charge in [-0.2, -0.15) is 0 Å². The second-order valence-electron chi connectivity index (χ2n) is 3.41. The van der Waals surface area contributed by atoms with Crippen LogP contribution in [0.5, 0.6) is 0 Å². The molecule has 1 saturated heterocycles. The molecule has 2 heteroatoms. The van der Waals surface area contributed by atoms with Gasteiger partial charge in [0.2, 0.25) is 0 Å². The highest BCUT2D eigenvalue weighted by Crippen LogP contribution is 2.18. The van der Waals surface area contributed by atoms with Crippen molar-refractivity contribution < 1.29 is 0 Å². The third kappa shape index (κ3) is 2.68. The van der Waals surface area contributed by atoms with Crippen molar-refractivity contribution >= 4 is 6.21 Å². The van der Waals surface area contributed by atoms with Gasteiger partial charge in [0.15, 0.2) is 0 Å². The number of allylic oxidation sites excluding steroid dienone is 2. The van der Waals surface area contributed by atoms with Crippen LogP contribution in [-0.4, -0.2) is 12.8 Å². The Labute approximate surface area is 74.6 Å². The summed E-state index contributed by atoms with van der Waals surface area (Å²) in [6.45, 7) is 3.34. The lowest BCUT2D eigenvalue weighted by Gasteiger charge is -2.10. The normalized spacial score (nSPS) is 27.8. The Hall–Kier alpha value is -0.790. The number of rotatable bonds is 2. The van der Waals surface area contributed by atoms with Gasteiger partial charge in [0, 0.05) is 18.5 Å². The van der Waals surface area contributed by atoms with Crippen LogP contribution in [0.25, 0.3) is 0 Å². The predicted molar refractivity (Wildman–Crippen MR) is 52.5 cm³/mol. The highest BCUT2D eigenvalue weighted by atomic mass is 14.9. The molecule has 0 saturated carbocycles. The zero-order chi connectivity index (χ0) is 8.81. The van der Waals surface area contributed by atoms with E-state index in [1.54, 1.807) is 0 Å². The molecule has 68 valence electrons. The van der Waals surface area contributed by atoms with Gasteiger partial charge in [0.1, 0.15) is 0 Å². The van der Waals surface area contributed by atoms with Gasteiger partial charge in [-0.1, -0.05) is 13.3 Å². The zero-order valence-electron chi connectivity index (χ0n) is 7.77. The van der Waals surface area contributed by atoms with Crippen LogP contribution >= 0.6 is 0 Å². The topological polar surface area (TPSA) is 35.9 Å². The minimum absolute atomic E-state index is 0.835. The van der Waals surface area contributed by atoms with E-state index < -0.39 is 0 Å². The lowest BCUT2D eigenvalue weighted by molar-refractivity contribution is 0.468. The third-order valence-electron chi connectivity index (χ3n) is 2.54. The van der Waals surface area contributed by atoms with Gasteiger partial charge in [-0.3, -0.25) is 0 Å². The molecule has 0 bridgehead atoms. The first-order valence-corrected chi connectivity index (χ1v) is 4.80. The summed E-state index contributed by atoms with van der Waals surface area (Å²) in [5, 5.41) is 10.4. The van der Waals surface area contributed by atoms with Crippen LogP contribution in [0.1, 0.15) is 32.6 Å². The van der Waals surface area contributed by atoms with Gasteiger partial charge in [0.05, 0.1) is 0 Å². The quantitative estimate of drug-likeness (QED) is 0.607. The Morgan fingerprint density at radius 1 is 1.67 bits per heavy atom. The molecule has 0 radical (unpaired) electrons. The average Bonchev–Trinajstić information content (AvgIpc) is 2.31. The molecule has 1 aliphatic rings. The summed E-state index contributed by atoms with van der Waals surface area (Å²) in [4.78, 5) is 0. The summed E-state index contributed by atoms with van der Waals surface area (Å²) in [5.74, 6) is 0.835. The molecule has 2 N–H and O–H groups in total. The summed E-state index contributed by atoms with van der Waals surface area (Å²) < 4.78 is 0. The first kappa shape index (κ1) is 9.30. The van der Waals surface area contributed by atoms with Gasteiger partial charge >= 0.3 is 0 Å². The van der Waals surface area contributed by atoms with Gasteiger partial charge in [0.25, 0.3) is 0 Å². The standard InChI is InChI=1S/C10H18N2/c1-2-9-4-3-5-10(6-7-11)12-8-9/h6-7,9,11-12H,2-5,8H2,1H3/b10-6-,11-7?. The zero-order valence-corrected chi connectivity index (χ0v) is 7.77. The van der Waals surface area contributed by atoms with Crippen molar-refractivity contribution in [3.63, 3.8) is 0 Å². The summed E-state index contributed by atoms with van der Waals surface area (Å²) >= 11 is 0. The van der Waals surface area contributed by atoms with Gasteiger partial charge in [-0.15, -0.1) is 0 Å². The van der Waals surface area contributed by atoms with Crippen molar-refractivity contribution in [1.82, 2.24) is 5.32 Å². The summed E-state index contributed by atoms with van der Waals surface area (Å²) in [7, 11) is 0. The fraction of sp³-hybridized carbons (Fsp3) is 0.700. The summed E-state index contributed by atoms with van der Waals surface area (Å²) in [5.41, 5.74) is 1.24. The predicted octanol–water partition coefficient (Wildman–Crippen LogP) is 2.32. The molecule has 0 aliphatic carbocycles. The Morgan fingerprint density at radius 2 is 2.50 bits per heavy atom. The van der Waals surface area contributed by atoms with E-state index >= 15 is 0 Å². The Balaban J connectivity index is 2.44. The Kier molecular flexibility index (Phi) is 3.85. The van der Waals surface area contributed by atoms with Crippen molar-refractivity contribution in [3.05, 3.63) is 11.8 Å². The molecule has 0 spiro atoms. The van der Waals surface area contributed by atoms with Crippen LogP contribution in [0.15, 0.2) is 11.8 Å². The van der Waals surface area contributed by atoms with E-state index in [-0.39, 0.29) is 0 Å². The summed E-state index contributed by atoms with van der Waals surface area (Å²) in [6, 6.07) is 0. The molecule has 1 fully saturated rings. The highest BCUT2D eigenvalue weighted by Gasteiger charge is 2.11. The largest absolute Gasteiger partial charge is 0.388 e. The van der Waals surface area contributed by atoms with Crippen LogP contribution in [0.3, 0.4) is 0 Å². The molecule has 1 aliphatic heterocycles. The van der Waals surface area contributed by atoms with Crippen molar-refractivity contribution in [2.24, 2.45) is 5.92 Å². The molecule has 1 unspecified atom stereocenters. The van der Waals surface area contributed by atoms with Crippen molar-refractivity contribution in [3.8, 4) is 0 Å². The molecule has 2 nitrogen and oxygen atoms in total. The van der Waals surface area contributed by atoms with E-state index in [0.29, 0.717) is 0 Å². The van der Waals surface area contributed by atoms with Crippen LogP contribution in [0, 0.1) is 11.3 Å². The minimum Gasteiger partial charge on any atom is -0.388 e. The van der Waals surface area contributed by atoms with E-state index in [1.165, 1.54) is 31.2 Å². The first-order valence-electron chi connectivity index (χ1n) is 4.80. The van der Waals surface area contributed by atoms with E-state index in [2.05, 4.69) is 12.2 Å². The molecule has 0 amide bonds. The summed E-state index contributed by atoms with van der Waals surface area (Å²) in [6.07, 6.45) is 8.23. The second kappa shape index (κ2) is 4.96. The molecule has 1 heterocycles. The molecule has 12 heavy (non-hydrogen) atoms. The van der Waals surface area contributed by atoms with Crippen LogP contribution < -0.4 is 5.32 Å². The maximum absolute atomic E-state index is 6.96. The first-order chi connectivity index (χ1) is 5.86. The van der Waals surface area contributed by atoms with Crippen LogP contribution in [0.2, 0.25) is 0 Å². The van der Waals surface area contributed by atoms with Gasteiger partial charge in [-0.25, -0.2) is 0 Å². The maximum atomic E-state index is 6.96. The van der Waals surface area contributed by atoms with Crippen molar-refractivity contribution in [1.29, 1.82) is 5.41 Å². The lowest BCUT2D eigenvalue weighted by atomic mass is 10.0. The molecule has 1 atom stereocenters. The third-order valence-corrected chi connectivity index (χ3v) is 2.54. The maximum Gasteiger partial charge on any atom is 0.0194 e. The second-order valence-corrected chi connectivity index (χ2v) is 3.41. The Morgan fingerprint density at radius 3 is 3.17 bits per heavy atom. The van der Waals surface area contributed by atoms with E-state index in [0.717, 1.165) is 18.9 Å². The molecular weight excluding hydrogens is 148 g/mol. The van der Waals surface area contributed by atoms with Crippen LogP contribution in [0.4, 0.5) is 0 Å². The Bertz CT molecular complexity index is 173. The molecular formula is C10H18N2. The van der Waals surface area contributed by atoms with E-state index in [9.17, 15) is 0 Å². The van der Waals surface area contributed by atoms with Gasteiger partial charge < -0.3 is 10.7 Å². The minimum atomic E-state index is 0.835. The lowest BCUT2D eigenvalue weighted by Crippen LogP contribution is -2.18. The molecule has 0 aromatic carbocycles. The van der Waals surface area contributed by atoms with Crippen molar-refractivity contribution in [2.75, 3.05) is 6.54 Å². The van der Waals surface area contributed by atoms with Gasteiger partial charge in [-0.05, 0) is 31.3 Å². The van der Waals surface area contributed by atoms with E-state index in [4.69, 9.17) is 5.41 Å². The van der Waals surface area contributed by atoms with E-state index in [1.807, 2.05) is 6.08 Å². The number of hydrogen-bond acceptors (Lipinski definition) is 2. The van der Waals surface area contributed by atoms with Crippen molar-refractivity contribution in [2.45, 2.75) is 32.6 Å². The SMILES string of the molecule is CCC1CCC/C(=C/C=N)NC1. The fourth-order valence-electron chi connectivity index (χ4n) is 1.64. The monoisotopic (exact) mass is 166 g/mol. The number of nitrogens with one attached hydrogen (secondary N) is 2. The molecule has 0 aromatic rings. The smallest absolute Gasteiger partial charge is 0.0194 e.